The van der Waals surface area contributed by atoms with Crippen molar-refractivity contribution in [3.8, 4) is 22.8 Å². The Labute approximate surface area is 128 Å². The molecule has 2 heterocycles. The fraction of sp³-hybridized carbons (Fsp3) is 0.286. The molecule has 23 heavy (non-hydrogen) atoms. The van der Waals surface area contributed by atoms with Gasteiger partial charge in [-0.15, -0.1) is 23.4 Å². The van der Waals surface area contributed by atoms with Crippen LogP contribution in [-0.2, 0) is 17.8 Å². The quantitative estimate of drug-likeness (QED) is 0.880. The van der Waals surface area contributed by atoms with Crippen molar-refractivity contribution in [2.45, 2.75) is 19.4 Å². The van der Waals surface area contributed by atoms with Crippen LogP contribution in [0, 0.1) is 0 Å². The van der Waals surface area contributed by atoms with Gasteiger partial charge >= 0.3 is 6.36 Å². The number of nitrogens with two attached hydrogens (primary N) is 1. The molecule has 0 amide bonds. The SMILES string of the molecule is Nc1nnc(-c2ccc(OC(F)(F)F)cc2O)c2c1CCOC2. The number of nitrogen functional groups attached to an aromatic ring is 1. The van der Waals surface area contributed by atoms with Gasteiger partial charge in [0.25, 0.3) is 0 Å². The molecule has 0 saturated carbocycles. The van der Waals surface area contributed by atoms with Crippen molar-refractivity contribution in [1.29, 1.82) is 0 Å². The Morgan fingerprint density at radius 1 is 1.22 bits per heavy atom. The van der Waals surface area contributed by atoms with Crippen molar-refractivity contribution in [3.63, 3.8) is 0 Å². The molecule has 1 aliphatic rings. The van der Waals surface area contributed by atoms with Crippen LogP contribution in [0.2, 0.25) is 0 Å². The van der Waals surface area contributed by atoms with E-state index in [9.17, 15) is 18.3 Å². The summed E-state index contributed by atoms with van der Waals surface area (Å²) in [4.78, 5) is 0. The number of aromatic hydroxyl groups is 1. The fourth-order valence-corrected chi connectivity index (χ4v) is 2.43. The first kappa shape index (κ1) is 15.3. The monoisotopic (exact) mass is 327 g/mol. The molecule has 2 aromatic rings. The maximum Gasteiger partial charge on any atom is 0.573 e. The molecule has 0 unspecified atom stereocenters. The van der Waals surface area contributed by atoms with Gasteiger partial charge in [-0.3, -0.25) is 0 Å². The standard InChI is InChI=1S/C14H12F3N3O3/c15-14(16,17)23-7-1-2-9(11(21)5-7)12-10-6-22-4-3-8(10)13(18)20-19-12/h1-2,5,21H,3-4,6H2,(H2,18,20). The molecule has 0 radical (unpaired) electrons. The van der Waals surface area contributed by atoms with Crippen molar-refractivity contribution in [2.75, 3.05) is 12.3 Å². The van der Waals surface area contributed by atoms with Crippen molar-refractivity contribution in [1.82, 2.24) is 10.2 Å². The van der Waals surface area contributed by atoms with E-state index in [4.69, 9.17) is 10.5 Å². The number of phenolic OH excluding ortho intramolecular Hbond substituents is 1. The van der Waals surface area contributed by atoms with E-state index in [1.807, 2.05) is 0 Å². The third-order valence-corrected chi connectivity index (χ3v) is 3.42. The number of anilines is 1. The van der Waals surface area contributed by atoms with E-state index in [1.165, 1.54) is 6.07 Å². The van der Waals surface area contributed by atoms with Gasteiger partial charge < -0.3 is 20.3 Å². The largest absolute Gasteiger partial charge is 0.573 e. The topological polar surface area (TPSA) is 90.5 Å². The van der Waals surface area contributed by atoms with Crippen LogP contribution < -0.4 is 10.5 Å². The molecule has 0 bridgehead atoms. The highest BCUT2D eigenvalue weighted by molar-refractivity contribution is 5.72. The first-order valence-electron chi connectivity index (χ1n) is 6.66. The van der Waals surface area contributed by atoms with Crippen molar-refractivity contribution < 1.29 is 27.8 Å². The summed E-state index contributed by atoms with van der Waals surface area (Å²) in [7, 11) is 0. The Balaban J connectivity index is 2.03. The summed E-state index contributed by atoms with van der Waals surface area (Å²) in [6.07, 6.45) is -4.28. The van der Waals surface area contributed by atoms with Crippen LogP contribution in [0.15, 0.2) is 18.2 Å². The molecule has 3 N–H and O–H groups in total. The predicted octanol–water partition coefficient (Wildman–Crippen LogP) is 2.40. The highest BCUT2D eigenvalue weighted by atomic mass is 19.4. The van der Waals surface area contributed by atoms with E-state index >= 15 is 0 Å². The number of fused-ring (bicyclic) bond motifs is 1. The van der Waals surface area contributed by atoms with Crippen molar-refractivity contribution in [3.05, 3.63) is 29.3 Å². The maximum atomic E-state index is 12.2. The second-order valence-electron chi connectivity index (χ2n) is 4.92. The van der Waals surface area contributed by atoms with E-state index in [0.29, 0.717) is 24.3 Å². The average Bonchev–Trinajstić information content (AvgIpc) is 2.47. The van der Waals surface area contributed by atoms with E-state index in [1.54, 1.807) is 0 Å². The molecule has 122 valence electrons. The van der Waals surface area contributed by atoms with Gasteiger partial charge in [-0.25, -0.2) is 0 Å². The van der Waals surface area contributed by atoms with E-state index in [2.05, 4.69) is 14.9 Å². The van der Waals surface area contributed by atoms with Gasteiger partial charge in [0.2, 0.25) is 0 Å². The van der Waals surface area contributed by atoms with Crippen molar-refractivity contribution >= 4 is 5.82 Å². The molecule has 0 spiro atoms. The molecule has 0 saturated heterocycles. The van der Waals surface area contributed by atoms with Gasteiger partial charge in [0.1, 0.15) is 23.0 Å². The van der Waals surface area contributed by atoms with Gasteiger partial charge in [0.05, 0.1) is 13.2 Å². The molecule has 1 aromatic heterocycles. The zero-order valence-electron chi connectivity index (χ0n) is 11.7. The third-order valence-electron chi connectivity index (χ3n) is 3.42. The van der Waals surface area contributed by atoms with Crippen LogP contribution in [0.5, 0.6) is 11.5 Å². The molecule has 3 rings (SSSR count). The number of phenols is 1. The highest BCUT2D eigenvalue weighted by Crippen LogP contribution is 2.37. The summed E-state index contributed by atoms with van der Waals surface area (Å²) >= 11 is 0. The normalized spacial score (nSPS) is 14.4. The Morgan fingerprint density at radius 2 is 2.00 bits per heavy atom. The van der Waals surface area contributed by atoms with Crippen LogP contribution in [-0.4, -0.2) is 28.3 Å². The summed E-state index contributed by atoms with van der Waals surface area (Å²) in [6, 6.07) is 3.25. The molecular formula is C14H12F3N3O3. The second-order valence-corrected chi connectivity index (χ2v) is 4.92. The number of halogens is 3. The average molecular weight is 327 g/mol. The molecule has 0 atom stereocenters. The Hall–Kier alpha value is -2.55. The van der Waals surface area contributed by atoms with Gasteiger partial charge in [0, 0.05) is 22.8 Å². The van der Waals surface area contributed by atoms with E-state index in [-0.39, 0.29) is 18.0 Å². The molecule has 1 aromatic carbocycles. The first-order chi connectivity index (χ1) is 10.8. The van der Waals surface area contributed by atoms with Crippen LogP contribution >= 0.6 is 0 Å². The molecule has 9 heteroatoms. The predicted molar refractivity (Wildman–Crippen MR) is 73.6 cm³/mol. The number of rotatable bonds is 2. The maximum absolute atomic E-state index is 12.2. The van der Waals surface area contributed by atoms with Crippen LogP contribution in [0.4, 0.5) is 19.0 Å². The lowest BCUT2D eigenvalue weighted by molar-refractivity contribution is -0.274. The number of aromatic nitrogens is 2. The number of ether oxygens (including phenoxy) is 2. The van der Waals surface area contributed by atoms with Gasteiger partial charge in [-0.1, -0.05) is 0 Å². The smallest absolute Gasteiger partial charge is 0.507 e. The Kier molecular flexibility index (Phi) is 3.72. The Bertz CT molecular complexity index is 750. The summed E-state index contributed by atoms with van der Waals surface area (Å²) in [5.41, 5.74) is 7.78. The number of alkyl halides is 3. The summed E-state index contributed by atoms with van der Waals surface area (Å²) in [6.45, 7) is 0.733. The van der Waals surface area contributed by atoms with Gasteiger partial charge in [-0.05, 0) is 18.6 Å². The summed E-state index contributed by atoms with van der Waals surface area (Å²) in [5, 5.41) is 17.8. The minimum atomic E-state index is -4.83. The highest BCUT2D eigenvalue weighted by Gasteiger charge is 2.31. The zero-order chi connectivity index (χ0) is 16.6. The minimum absolute atomic E-state index is 0.230. The molecule has 0 aliphatic carbocycles. The summed E-state index contributed by atoms with van der Waals surface area (Å²) in [5.74, 6) is -0.644. The number of nitrogens with zero attached hydrogens (tertiary/aromatic N) is 2. The lowest BCUT2D eigenvalue weighted by Crippen LogP contribution is -2.17. The number of benzene rings is 1. The number of hydrogen-bond acceptors (Lipinski definition) is 6. The minimum Gasteiger partial charge on any atom is -0.507 e. The van der Waals surface area contributed by atoms with Crippen molar-refractivity contribution in [2.24, 2.45) is 0 Å². The van der Waals surface area contributed by atoms with Gasteiger partial charge in [-0.2, -0.15) is 0 Å². The number of hydrogen-bond donors (Lipinski definition) is 2. The third kappa shape index (κ3) is 3.14. The van der Waals surface area contributed by atoms with Gasteiger partial charge in [0.15, 0.2) is 0 Å². The molecule has 6 nitrogen and oxygen atoms in total. The lowest BCUT2D eigenvalue weighted by Gasteiger charge is -2.20. The van der Waals surface area contributed by atoms with Crippen LogP contribution in [0.3, 0.4) is 0 Å². The molecular weight excluding hydrogens is 315 g/mol. The summed E-state index contributed by atoms with van der Waals surface area (Å²) < 4.78 is 45.8. The van der Waals surface area contributed by atoms with E-state index in [0.717, 1.165) is 17.7 Å². The lowest BCUT2D eigenvalue weighted by atomic mass is 9.98. The van der Waals surface area contributed by atoms with Crippen LogP contribution in [0.25, 0.3) is 11.3 Å². The fourth-order valence-electron chi connectivity index (χ4n) is 2.43. The molecule has 1 aliphatic heterocycles. The Morgan fingerprint density at radius 3 is 2.70 bits per heavy atom. The van der Waals surface area contributed by atoms with Crippen LogP contribution in [0.1, 0.15) is 11.1 Å². The second kappa shape index (κ2) is 5.58. The van der Waals surface area contributed by atoms with E-state index < -0.39 is 17.9 Å². The molecule has 0 fully saturated rings. The first-order valence-corrected chi connectivity index (χ1v) is 6.66. The zero-order valence-corrected chi connectivity index (χ0v) is 11.7.